The quantitative estimate of drug-likeness (QED) is 0.874. The van der Waals surface area contributed by atoms with Crippen LogP contribution in [0.1, 0.15) is 43.6 Å². The topological polar surface area (TPSA) is 102 Å². The highest BCUT2D eigenvalue weighted by atomic mass is 32.2. The molecule has 0 bridgehead atoms. The van der Waals surface area contributed by atoms with Gasteiger partial charge in [0.1, 0.15) is 17.8 Å². The Labute approximate surface area is 123 Å². The number of aryl methyl sites for hydroxylation is 1. The molecule has 2 heterocycles. The van der Waals surface area contributed by atoms with E-state index in [2.05, 4.69) is 24.9 Å². The number of sulfone groups is 1. The normalized spacial score (nSPS) is 16.6. The molecule has 1 aliphatic carbocycles. The lowest BCUT2D eigenvalue weighted by atomic mass is 10.0. The second-order valence-electron chi connectivity index (χ2n) is 5.50. The van der Waals surface area contributed by atoms with E-state index in [-0.39, 0.29) is 10.9 Å². The third-order valence-corrected chi connectivity index (χ3v) is 5.30. The summed E-state index contributed by atoms with van der Waals surface area (Å²) < 4.78 is 28.9. The van der Waals surface area contributed by atoms with E-state index >= 15 is 0 Å². The molecule has 1 fully saturated rings. The molecule has 1 saturated carbocycles. The van der Waals surface area contributed by atoms with Gasteiger partial charge >= 0.3 is 0 Å². The Morgan fingerprint density at radius 2 is 2.14 bits per heavy atom. The van der Waals surface area contributed by atoms with Crippen molar-refractivity contribution in [2.75, 3.05) is 0 Å². The molecule has 114 valence electrons. The van der Waals surface area contributed by atoms with Crippen LogP contribution in [0.25, 0.3) is 0 Å². The average Bonchev–Trinajstić information content (AvgIpc) is 3.19. The van der Waals surface area contributed by atoms with E-state index in [1.165, 1.54) is 38.0 Å². The van der Waals surface area contributed by atoms with Crippen molar-refractivity contribution in [3.8, 4) is 0 Å². The summed E-state index contributed by atoms with van der Waals surface area (Å²) in [5.41, 5.74) is 0.354. The summed E-state index contributed by atoms with van der Waals surface area (Å²) in [6, 6.07) is 1.52. The minimum atomic E-state index is -3.58. The molecule has 8 heteroatoms. The summed E-state index contributed by atoms with van der Waals surface area (Å²) in [5.74, 6) is 1.13. The maximum absolute atomic E-state index is 12.1. The highest BCUT2D eigenvalue weighted by Gasteiger charge is 2.23. The molecule has 2 aromatic rings. The van der Waals surface area contributed by atoms with E-state index in [0.717, 1.165) is 18.8 Å². The van der Waals surface area contributed by atoms with Gasteiger partial charge in [-0.25, -0.2) is 13.4 Å². The van der Waals surface area contributed by atoms with Crippen LogP contribution in [0.2, 0.25) is 0 Å². The van der Waals surface area contributed by atoms with Crippen molar-refractivity contribution in [1.82, 2.24) is 20.3 Å². The van der Waals surface area contributed by atoms with Crippen LogP contribution in [0.15, 0.2) is 22.0 Å². The molecule has 0 unspecified atom stereocenters. The Bertz CT molecular complexity index is 672. The molecule has 0 aromatic carbocycles. The molecule has 0 aliphatic heterocycles. The summed E-state index contributed by atoms with van der Waals surface area (Å²) in [6.45, 7) is 0. The van der Waals surface area contributed by atoms with Crippen LogP contribution in [0.4, 0.5) is 0 Å². The molecule has 0 spiro atoms. The zero-order chi connectivity index (χ0) is 14.7. The third-order valence-electron chi connectivity index (χ3n) is 3.88. The first kappa shape index (κ1) is 14.2. The minimum Gasteiger partial charge on any atom is -0.364 e. The van der Waals surface area contributed by atoms with Crippen molar-refractivity contribution < 1.29 is 12.9 Å². The van der Waals surface area contributed by atoms with E-state index < -0.39 is 9.84 Å². The van der Waals surface area contributed by atoms with Crippen LogP contribution in [-0.4, -0.2) is 28.8 Å². The van der Waals surface area contributed by atoms with E-state index in [1.807, 2.05) is 0 Å². The van der Waals surface area contributed by atoms with Gasteiger partial charge < -0.3 is 4.52 Å². The number of nitrogens with zero attached hydrogens (tertiary/aromatic N) is 3. The first-order chi connectivity index (χ1) is 10.1. The van der Waals surface area contributed by atoms with Gasteiger partial charge in [-0.15, -0.1) is 5.10 Å². The van der Waals surface area contributed by atoms with Crippen molar-refractivity contribution in [3.63, 3.8) is 0 Å². The fourth-order valence-corrected chi connectivity index (χ4v) is 3.84. The lowest BCUT2D eigenvalue weighted by Crippen LogP contribution is -2.07. The van der Waals surface area contributed by atoms with Gasteiger partial charge in [-0.05, 0) is 12.3 Å². The van der Waals surface area contributed by atoms with Crippen molar-refractivity contribution >= 4 is 9.84 Å². The largest absolute Gasteiger partial charge is 0.364 e. The molecule has 0 atom stereocenters. The molecule has 0 amide bonds. The van der Waals surface area contributed by atoms with E-state index in [9.17, 15) is 8.42 Å². The van der Waals surface area contributed by atoms with Crippen LogP contribution < -0.4 is 0 Å². The molecule has 1 N–H and O–H groups in total. The maximum Gasteiger partial charge on any atom is 0.267 e. The fourth-order valence-electron chi connectivity index (χ4n) is 2.74. The van der Waals surface area contributed by atoms with E-state index in [0.29, 0.717) is 11.5 Å². The van der Waals surface area contributed by atoms with Crippen molar-refractivity contribution in [1.29, 1.82) is 0 Å². The van der Waals surface area contributed by atoms with Gasteiger partial charge in [0.2, 0.25) is 9.84 Å². The number of aromatic amines is 1. The van der Waals surface area contributed by atoms with Gasteiger partial charge in [0.15, 0.2) is 0 Å². The van der Waals surface area contributed by atoms with Crippen molar-refractivity contribution in [2.24, 2.45) is 5.92 Å². The Hall–Kier alpha value is -1.70. The number of hydrogen-bond donors (Lipinski definition) is 1. The molecule has 2 aromatic heterocycles. The molecule has 0 radical (unpaired) electrons. The van der Waals surface area contributed by atoms with Crippen LogP contribution >= 0.6 is 0 Å². The zero-order valence-corrected chi connectivity index (χ0v) is 12.5. The standard InChI is InChI=1S/C13H18N4O3S/c18-21(19,9-11-7-8-20-17-11)13-14-12(15-16-13)6-5-10-3-1-2-4-10/h7-8,10H,1-6,9H2,(H,14,15,16). The molecule has 21 heavy (non-hydrogen) atoms. The second-order valence-corrected chi connectivity index (χ2v) is 7.39. The van der Waals surface area contributed by atoms with E-state index in [1.54, 1.807) is 0 Å². The van der Waals surface area contributed by atoms with E-state index in [4.69, 9.17) is 0 Å². The zero-order valence-electron chi connectivity index (χ0n) is 11.7. The minimum absolute atomic E-state index is 0.160. The highest BCUT2D eigenvalue weighted by Crippen LogP contribution is 2.28. The summed E-state index contributed by atoms with van der Waals surface area (Å²) in [5, 5.41) is 10.0. The molecular weight excluding hydrogens is 292 g/mol. The SMILES string of the molecule is O=S(=O)(Cc1ccon1)c1n[nH]c(CCC2CCCC2)n1. The van der Waals surface area contributed by atoms with Crippen LogP contribution in [0, 0.1) is 5.92 Å². The monoisotopic (exact) mass is 310 g/mol. The fraction of sp³-hybridized carbons (Fsp3) is 0.615. The van der Waals surface area contributed by atoms with Crippen molar-refractivity contribution in [3.05, 3.63) is 23.8 Å². The number of H-pyrrole nitrogens is 1. The predicted octanol–water partition coefficient (Wildman–Crippen LogP) is 1.89. The Morgan fingerprint density at radius 3 is 2.86 bits per heavy atom. The summed E-state index contributed by atoms with van der Waals surface area (Å²) >= 11 is 0. The molecule has 3 rings (SSSR count). The van der Waals surface area contributed by atoms with Gasteiger partial charge in [-0.2, -0.15) is 0 Å². The number of nitrogens with one attached hydrogen (secondary N) is 1. The average molecular weight is 310 g/mol. The smallest absolute Gasteiger partial charge is 0.267 e. The maximum atomic E-state index is 12.1. The van der Waals surface area contributed by atoms with Crippen LogP contribution in [0.3, 0.4) is 0 Å². The van der Waals surface area contributed by atoms with Gasteiger partial charge in [0.05, 0.1) is 5.69 Å². The highest BCUT2D eigenvalue weighted by molar-refractivity contribution is 7.90. The summed E-state index contributed by atoms with van der Waals surface area (Å²) in [4.78, 5) is 4.11. The Balaban J connectivity index is 1.63. The van der Waals surface area contributed by atoms with Gasteiger partial charge in [-0.1, -0.05) is 30.8 Å². The third kappa shape index (κ3) is 3.49. The first-order valence-electron chi connectivity index (χ1n) is 7.17. The molecule has 0 saturated heterocycles. The Kier molecular flexibility index (Phi) is 4.05. The predicted molar refractivity (Wildman–Crippen MR) is 74.1 cm³/mol. The van der Waals surface area contributed by atoms with Gasteiger partial charge in [0, 0.05) is 12.5 Å². The van der Waals surface area contributed by atoms with Gasteiger partial charge in [-0.3, -0.25) is 5.10 Å². The molecule has 7 nitrogen and oxygen atoms in total. The summed E-state index contributed by atoms with van der Waals surface area (Å²) in [6.07, 6.45) is 8.28. The summed E-state index contributed by atoms with van der Waals surface area (Å²) in [7, 11) is -3.58. The molecule has 1 aliphatic rings. The van der Waals surface area contributed by atoms with Gasteiger partial charge in [0.25, 0.3) is 5.16 Å². The molecular formula is C13H18N4O3S. The number of aromatic nitrogens is 4. The van der Waals surface area contributed by atoms with Crippen LogP contribution in [-0.2, 0) is 22.0 Å². The second kappa shape index (κ2) is 5.97. The lowest BCUT2D eigenvalue weighted by Gasteiger charge is -2.05. The van der Waals surface area contributed by atoms with Crippen molar-refractivity contribution in [2.45, 2.75) is 49.4 Å². The van der Waals surface area contributed by atoms with Crippen LogP contribution in [0.5, 0.6) is 0 Å². The number of hydrogen-bond acceptors (Lipinski definition) is 6. The first-order valence-corrected chi connectivity index (χ1v) is 8.82. The Morgan fingerprint density at radius 1 is 1.33 bits per heavy atom. The lowest BCUT2D eigenvalue weighted by molar-refractivity contribution is 0.413. The number of rotatable bonds is 6.